The van der Waals surface area contributed by atoms with Gasteiger partial charge < -0.3 is 15.0 Å². The van der Waals surface area contributed by atoms with E-state index in [-0.39, 0.29) is 6.10 Å². The van der Waals surface area contributed by atoms with Gasteiger partial charge in [0.1, 0.15) is 0 Å². The van der Waals surface area contributed by atoms with Gasteiger partial charge in [0, 0.05) is 31.5 Å². The van der Waals surface area contributed by atoms with Crippen LogP contribution in [0.15, 0.2) is 18.3 Å². The fourth-order valence-electron chi connectivity index (χ4n) is 2.42. The van der Waals surface area contributed by atoms with Gasteiger partial charge in [0.2, 0.25) is 0 Å². The Kier molecular flexibility index (Phi) is 7.06. The van der Waals surface area contributed by atoms with Crippen molar-refractivity contribution in [3.63, 3.8) is 0 Å². The van der Waals surface area contributed by atoms with Crippen LogP contribution in [0.2, 0.25) is 0 Å². The third kappa shape index (κ3) is 4.46. The molecule has 0 aromatic carbocycles. The molecule has 0 saturated carbocycles. The summed E-state index contributed by atoms with van der Waals surface area (Å²) in [6.45, 7) is 9.06. The summed E-state index contributed by atoms with van der Waals surface area (Å²) < 4.78 is 2.27. The maximum absolute atomic E-state index is 10.0. The van der Waals surface area contributed by atoms with Crippen LogP contribution in [0, 0.1) is 5.92 Å². The van der Waals surface area contributed by atoms with Gasteiger partial charge in [0.25, 0.3) is 0 Å². The molecule has 1 rings (SSSR count). The lowest BCUT2D eigenvalue weighted by atomic mass is 9.96. The Labute approximate surface area is 111 Å². The second-order valence-electron chi connectivity index (χ2n) is 4.97. The van der Waals surface area contributed by atoms with Gasteiger partial charge in [-0.2, -0.15) is 0 Å². The van der Waals surface area contributed by atoms with E-state index in [0.717, 1.165) is 32.4 Å². The molecule has 0 saturated heterocycles. The highest BCUT2D eigenvalue weighted by molar-refractivity contribution is 5.06. The maximum atomic E-state index is 10.0. The fourth-order valence-corrected chi connectivity index (χ4v) is 2.42. The summed E-state index contributed by atoms with van der Waals surface area (Å²) in [4.78, 5) is 0. The predicted molar refractivity (Wildman–Crippen MR) is 76.5 cm³/mol. The Hall–Kier alpha value is -0.800. The topological polar surface area (TPSA) is 37.2 Å². The molecule has 1 aromatic rings. The Morgan fingerprint density at radius 3 is 2.61 bits per heavy atom. The van der Waals surface area contributed by atoms with E-state index in [4.69, 9.17) is 0 Å². The highest BCUT2D eigenvalue weighted by atomic mass is 16.3. The van der Waals surface area contributed by atoms with Crippen LogP contribution in [0.25, 0.3) is 0 Å². The van der Waals surface area contributed by atoms with Crippen LogP contribution >= 0.6 is 0 Å². The summed E-state index contributed by atoms with van der Waals surface area (Å²) in [6.07, 6.45) is 5.14. The first kappa shape index (κ1) is 15.3. The highest BCUT2D eigenvalue weighted by Gasteiger charge is 2.14. The van der Waals surface area contributed by atoms with Crippen molar-refractivity contribution in [1.29, 1.82) is 0 Å². The van der Waals surface area contributed by atoms with Crippen LogP contribution in [0.1, 0.15) is 45.7 Å². The number of rotatable bonds is 9. The number of hydrogen-bond acceptors (Lipinski definition) is 2. The van der Waals surface area contributed by atoms with E-state index in [2.05, 4.69) is 49.0 Å². The molecule has 18 heavy (non-hydrogen) atoms. The summed E-state index contributed by atoms with van der Waals surface area (Å²) in [5, 5.41) is 13.4. The number of aliphatic hydroxyl groups is 1. The van der Waals surface area contributed by atoms with E-state index >= 15 is 0 Å². The number of hydrogen-bond donors (Lipinski definition) is 2. The molecular formula is C15H28N2O. The third-order valence-corrected chi connectivity index (χ3v) is 3.64. The summed E-state index contributed by atoms with van der Waals surface area (Å²) in [7, 11) is 0. The van der Waals surface area contributed by atoms with Gasteiger partial charge >= 0.3 is 0 Å². The first-order valence-corrected chi connectivity index (χ1v) is 7.25. The fraction of sp³-hybridized carbons (Fsp3) is 0.733. The molecule has 0 aliphatic heterocycles. The van der Waals surface area contributed by atoms with Gasteiger partial charge in [0.15, 0.2) is 0 Å². The minimum atomic E-state index is -0.227. The number of aryl methyl sites for hydroxylation is 1. The summed E-state index contributed by atoms with van der Waals surface area (Å²) in [6, 6.07) is 4.23. The molecule has 3 heteroatoms. The third-order valence-electron chi connectivity index (χ3n) is 3.64. The molecular weight excluding hydrogens is 224 g/mol. The lowest BCUT2D eigenvalue weighted by molar-refractivity contribution is 0.101. The first-order valence-electron chi connectivity index (χ1n) is 7.25. The normalized spacial score (nSPS) is 13.2. The number of nitrogens with zero attached hydrogens (tertiary/aromatic N) is 1. The van der Waals surface area contributed by atoms with Crippen LogP contribution < -0.4 is 5.32 Å². The number of aromatic nitrogens is 1. The van der Waals surface area contributed by atoms with Crippen molar-refractivity contribution in [3.8, 4) is 0 Å². The first-order chi connectivity index (χ1) is 8.72. The number of nitrogens with one attached hydrogen (secondary N) is 1. The van der Waals surface area contributed by atoms with Gasteiger partial charge in [0.05, 0.1) is 6.10 Å². The largest absolute Gasteiger partial charge is 0.392 e. The zero-order chi connectivity index (χ0) is 13.4. The summed E-state index contributed by atoms with van der Waals surface area (Å²) in [5.74, 6) is 0.417. The zero-order valence-corrected chi connectivity index (χ0v) is 12.0. The highest BCUT2D eigenvalue weighted by Crippen LogP contribution is 2.12. The molecule has 0 spiro atoms. The van der Waals surface area contributed by atoms with Gasteiger partial charge in [-0.05, 0) is 24.5 Å². The van der Waals surface area contributed by atoms with Crippen molar-refractivity contribution >= 4 is 0 Å². The van der Waals surface area contributed by atoms with E-state index in [0.29, 0.717) is 12.5 Å². The van der Waals surface area contributed by atoms with Gasteiger partial charge in [-0.15, -0.1) is 0 Å². The predicted octanol–water partition coefficient (Wildman–Crippen LogP) is 2.78. The molecule has 0 aliphatic carbocycles. The zero-order valence-electron chi connectivity index (χ0n) is 12.0. The smallest absolute Gasteiger partial charge is 0.0692 e. The lowest BCUT2D eigenvalue weighted by Gasteiger charge is -2.20. The molecule has 0 amide bonds. The lowest BCUT2D eigenvalue weighted by Crippen LogP contribution is -2.32. The Morgan fingerprint density at radius 2 is 2.00 bits per heavy atom. The maximum Gasteiger partial charge on any atom is 0.0692 e. The van der Waals surface area contributed by atoms with Crippen LogP contribution in [-0.4, -0.2) is 22.3 Å². The monoisotopic (exact) mass is 252 g/mol. The Balaban J connectivity index is 2.34. The van der Waals surface area contributed by atoms with Crippen LogP contribution in [-0.2, 0) is 13.1 Å². The van der Waals surface area contributed by atoms with Gasteiger partial charge in [-0.3, -0.25) is 0 Å². The van der Waals surface area contributed by atoms with Crippen LogP contribution in [0.4, 0.5) is 0 Å². The Morgan fingerprint density at radius 1 is 1.28 bits per heavy atom. The molecule has 0 bridgehead atoms. The summed E-state index contributed by atoms with van der Waals surface area (Å²) in [5.41, 5.74) is 1.30. The van der Waals surface area contributed by atoms with Crippen molar-refractivity contribution < 1.29 is 5.11 Å². The van der Waals surface area contributed by atoms with Crippen molar-refractivity contribution in [2.75, 3.05) is 6.54 Å². The van der Waals surface area contributed by atoms with Gasteiger partial charge in [-0.25, -0.2) is 0 Å². The molecule has 1 aromatic heterocycles. The van der Waals surface area contributed by atoms with Crippen molar-refractivity contribution in [2.24, 2.45) is 5.92 Å². The molecule has 3 nitrogen and oxygen atoms in total. The van der Waals surface area contributed by atoms with E-state index in [1.807, 2.05) is 0 Å². The van der Waals surface area contributed by atoms with Crippen LogP contribution in [0.3, 0.4) is 0 Å². The minimum Gasteiger partial charge on any atom is -0.392 e. The SMILES string of the molecule is CCCn1cccc1CNCC(O)C(CC)CC. The summed E-state index contributed by atoms with van der Waals surface area (Å²) >= 11 is 0. The molecule has 2 N–H and O–H groups in total. The van der Waals surface area contributed by atoms with Crippen molar-refractivity contribution in [1.82, 2.24) is 9.88 Å². The molecule has 0 radical (unpaired) electrons. The van der Waals surface area contributed by atoms with Gasteiger partial charge in [-0.1, -0.05) is 33.6 Å². The molecule has 1 unspecified atom stereocenters. The standard InChI is InChI=1S/C15H28N2O/c1-4-9-17-10-7-8-14(17)11-16-12-15(18)13(5-2)6-3/h7-8,10,13,15-16,18H,4-6,9,11-12H2,1-3H3. The number of aliphatic hydroxyl groups excluding tert-OH is 1. The molecule has 0 fully saturated rings. The van der Waals surface area contributed by atoms with E-state index in [1.165, 1.54) is 5.69 Å². The van der Waals surface area contributed by atoms with Crippen molar-refractivity contribution in [2.45, 2.75) is 59.2 Å². The molecule has 0 aliphatic rings. The minimum absolute atomic E-state index is 0.227. The molecule has 1 heterocycles. The molecule has 1 atom stereocenters. The average Bonchev–Trinajstić information content (AvgIpc) is 2.79. The molecule has 104 valence electrons. The second-order valence-corrected chi connectivity index (χ2v) is 4.97. The van der Waals surface area contributed by atoms with Crippen LogP contribution in [0.5, 0.6) is 0 Å². The van der Waals surface area contributed by atoms with E-state index < -0.39 is 0 Å². The van der Waals surface area contributed by atoms with E-state index in [9.17, 15) is 5.11 Å². The Bertz CT molecular complexity index is 318. The van der Waals surface area contributed by atoms with Crippen molar-refractivity contribution in [3.05, 3.63) is 24.0 Å². The van der Waals surface area contributed by atoms with E-state index in [1.54, 1.807) is 0 Å². The quantitative estimate of drug-likeness (QED) is 0.709. The average molecular weight is 252 g/mol. The second kappa shape index (κ2) is 8.33.